The number of methoxy groups -OCH3 is 1. The molecule has 0 saturated carbocycles. The van der Waals surface area contributed by atoms with E-state index in [-0.39, 0.29) is 18.0 Å². The van der Waals surface area contributed by atoms with Gasteiger partial charge in [-0.2, -0.15) is 0 Å². The molecule has 6 heteroatoms. The molecule has 156 valence electrons. The van der Waals surface area contributed by atoms with Crippen LogP contribution in [0.2, 0.25) is 0 Å². The summed E-state index contributed by atoms with van der Waals surface area (Å²) in [6, 6.07) is 17.1. The zero-order chi connectivity index (χ0) is 21.3. The number of carbonyl (C=O) groups is 2. The number of amides is 3. The minimum absolute atomic E-state index is 0.0201. The standard InChI is InChI=1S/C24H27N3O3/c1-16(13-14-17-9-5-4-6-10-17)27-15-19-21(23(27)28)22(25-24(29)26(19)2)18-11-7-8-12-20(18)30-3/h4-12,16,22H,13-15H2,1-3H3,(H,25,29)/t16-,22-/m1/s1. The number of nitrogens with one attached hydrogen (secondary N) is 1. The Labute approximate surface area is 177 Å². The quantitative estimate of drug-likeness (QED) is 0.800. The highest BCUT2D eigenvalue weighted by atomic mass is 16.5. The highest BCUT2D eigenvalue weighted by Gasteiger charge is 2.44. The number of benzene rings is 2. The summed E-state index contributed by atoms with van der Waals surface area (Å²) in [7, 11) is 3.31. The van der Waals surface area contributed by atoms with Crippen LogP contribution in [0.5, 0.6) is 5.75 Å². The van der Waals surface area contributed by atoms with Crippen molar-refractivity contribution in [1.82, 2.24) is 15.1 Å². The van der Waals surface area contributed by atoms with Gasteiger partial charge in [-0.1, -0.05) is 48.5 Å². The Kier molecular flexibility index (Phi) is 5.48. The second-order valence-electron chi connectivity index (χ2n) is 7.85. The lowest BCUT2D eigenvalue weighted by Gasteiger charge is -2.31. The van der Waals surface area contributed by atoms with Crippen molar-refractivity contribution in [1.29, 1.82) is 0 Å². The van der Waals surface area contributed by atoms with Crippen molar-refractivity contribution in [3.05, 3.63) is 77.0 Å². The fourth-order valence-corrected chi connectivity index (χ4v) is 4.26. The normalized spacial score (nSPS) is 19.6. The number of likely N-dealkylation sites (N-methyl/N-ethyl adjacent to an activating group) is 1. The Hall–Kier alpha value is -3.28. The number of nitrogens with zero attached hydrogens (tertiary/aromatic N) is 2. The van der Waals surface area contributed by atoms with E-state index in [1.165, 1.54) is 5.56 Å². The SMILES string of the molecule is COc1ccccc1[C@H]1NC(=O)N(C)C2=C1C(=O)N([C@H](C)CCc1ccccc1)C2. The van der Waals surface area contributed by atoms with Gasteiger partial charge in [0.25, 0.3) is 5.91 Å². The van der Waals surface area contributed by atoms with Crippen LogP contribution < -0.4 is 10.1 Å². The van der Waals surface area contributed by atoms with Crippen LogP contribution in [0.25, 0.3) is 0 Å². The third kappa shape index (κ3) is 3.54. The lowest BCUT2D eigenvalue weighted by molar-refractivity contribution is -0.127. The maximum absolute atomic E-state index is 13.5. The zero-order valence-electron chi connectivity index (χ0n) is 17.6. The molecule has 2 aliphatic heterocycles. The molecule has 0 radical (unpaired) electrons. The van der Waals surface area contributed by atoms with Crippen molar-refractivity contribution in [2.75, 3.05) is 20.7 Å². The van der Waals surface area contributed by atoms with Gasteiger partial charge in [-0.05, 0) is 31.4 Å². The van der Waals surface area contributed by atoms with Crippen LogP contribution in [0.4, 0.5) is 4.79 Å². The van der Waals surface area contributed by atoms with Gasteiger partial charge < -0.3 is 15.0 Å². The maximum atomic E-state index is 13.5. The second kappa shape index (κ2) is 8.22. The van der Waals surface area contributed by atoms with E-state index in [0.29, 0.717) is 17.9 Å². The Morgan fingerprint density at radius 1 is 1.10 bits per heavy atom. The van der Waals surface area contributed by atoms with Crippen LogP contribution in [0, 0.1) is 0 Å². The van der Waals surface area contributed by atoms with E-state index in [1.54, 1.807) is 19.1 Å². The molecule has 2 atom stereocenters. The van der Waals surface area contributed by atoms with Gasteiger partial charge >= 0.3 is 6.03 Å². The molecule has 0 aliphatic carbocycles. The van der Waals surface area contributed by atoms with Gasteiger partial charge in [0.1, 0.15) is 5.75 Å². The molecular weight excluding hydrogens is 378 g/mol. The maximum Gasteiger partial charge on any atom is 0.322 e. The van der Waals surface area contributed by atoms with Crippen molar-refractivity contribution in [3.63, 3.8) is 0 Å². The first-order valence-corrected chi connectivity index (χ1v) is 10.3. The van der Waals surface area contributed by atoms with Crippen molar-refractivity contribution in [2.24, 2.45) is 0 Å². The zero-order valence-corrected chi connectivity index (χ0v) is 17.6. The van der Waals surface area contributed by atoms with E-state index >= 15 is 0 Å². The van der Waals surface area contributed by atoms with Crippen LogP contribution in [-0.2, 0) is 11.2 Å². The number of urea groups is 1. The monoisotopic (exact) mass is 405 g/mol. The number of para-hydroxylation sites is 1. The van der Waals surface area contributed by atoms with Crippen LogP contribution in [0.15, 0.2) is 65.9 Å². The molecule has 30 heavy (non-hydrogen) atoms. The first kappa shape index (κ1) is 20.0. The third-order valence-corrected chi connectivity index (χ3v) is 6.06. The molecule has 2 aromatic rings. The summed E-state index contributed by atoms with van der Waals surface area (Å²) in [4.78, 5) is 29.5. The summed E-state index contributed by atoms with van der Waals surface area (Å²) in [5, 5.41) is 2.98. The molecule has 2 heterocycles. The number of hydrogen-bond acceptors (Lipinski definition) is 3. The van der Waals surface area contributed by atoms with Gasteiger partial charge in [-0.25, -0.2) is 4.79 Å². The van der Waals surface area contributed by atoms with Crippen LogP contribution in [0.1, 0.15) is 30.5 Å². The summed E-state index contributed by atoms with van der Waals surface area (Å²) < 4.78 is 5.49. The summed E-state index contributed by atoms with van der Waals surface area (Å²) in [6.45, 7) is 2.52. The summed E-state index contributed by atoms with van der Waals surface area (Å²) in [6.07, 6.45) is 1.76. The molecule has 0 aromatic heterocycles. The first-order chi connectivity index (χ1) is 14.5. The van der Waals surface area contributed by atoms with Crippen LogP contribution in [0.3, 0.4) is 0 Å². The van der Waals surface area contributed by atoms with E-state index in [1.807, 2.05) is 47.4 Å². The second-order valence-corrected chi connectivity index (χ2v) is 7.85. The number of hydrogen-bond donors (Lipinski definition) is 1. The van der Waals surface area contributed by atoms with Gasteiger partial charge in [-0.15, -0.1) is 0 Å². The summed E-state index contributed by atoms with van der Waals surface area (Å²) >= 11 is 0. The van der Waals surface area contributed by atoms with Gasteiger partial charge in [0.05, 0.1) is 31.0 Å². The summed E-state index contributed by atoms with van der Waals surface area (Å²) in [5.41, 5.74) is 3.45. The molecule has 1 N–H and O–H groups in total. The lowest BCUT2D eigenvalue weighted by atomic mass is 9.95. The number of carbonyl (C=O) groups excluding carboxylic acids is 2. The Morgan fingerprint density at radius 2 is 1.80 bits per heavy atom. The average molecular weight is 405 g/mol. The predicted molar refractivity (Wildman–Crippen MR) is 115 cm³/mol. The number of rotatable bonds is 6. The van der Waals surface area contributed by atoms with E-state index in [2.05, 4.69) is 24.4 Å². The molecule has 0 unspecified atom stereocenters. The topological polar surface area (TPSA) is 61.9 Å². The molecular formula is C24H27N3O3. The average Bonchev–Trinajstić information content (AvgIpc) is 3.13. The Balaban J connectivity index is 1.59. The Morgan fingerprint density at radius 3 is 2.53 bits per heavy atom. The molecule has 2 aromatic carbocycles. The molecule has 0 fully saturated rings. The molecule has 0 spiro atoms. The molecule has 2 aliphatic rings. The largest absolute Gasteiger partial charge is 0.496 e. The number of ether oxygens (including phenoxy) is 1. The van der Waals surface area contributed by atoms with Crippen LogP contribution in [-0.4, -0.2) is 48.5 Å². The van der Waals surface area contributed by atoms with Gasteiger partial charge in [0.15, 0.2) is 0 Å². The number of aryl methyl sites for hydroxylation is 1. The van der Waals surface area contributed by atoms with Gasteiger partial charge in [0.2, 0.25) is 0 Å². The highest BCUT2D eigenvalue weighted by molar-refractivity contribution is 6.01. The van der Waals surface area contributed by atoms with E-state index in [4.69, 9.17) is 4.74 Å². The molecule has 0 bridgehead atoms. The smallest absolute Gasteiger partial charge is 0.322 e. The van der Waals surface area contributed by atoms with Crippen molar-refractivity contribution >= 4 is 11.9 Å². The fourth-order valence-electron chi connectivity index (χ4n) is 4.26. The molecule has 4 rings (SSSR count). The van der Waals surface area contributed by atoms with Gasteiger partial charge in [-0.3, -0.25) is 9.69 Å². The molecule has 3 amide bonds. The van der Waals surface area contributed by atoms with E-state index < -0.39 is 6.04 Å². The molecule has 6 nitrogen and oxygen atoms in total. The van der Waals surface area contributed by atoms with Crippen molar-refractivity contribution in [3.8, 4) is 5.75 Å². The van der Waals surface area contributed by atoms with E-state index in [0.717, 1.165) is 24.1 Å². The first-order valence-electron chi connectivity index (χ1n) is 10.3. The van der Waals surface area contributed by atoms with Crippen molar-refractivity contribution in [2.45, 2.75) is 31.8 Å². The highest BCUT2D eigenvalue weighted by Crippen LogP contribution is 2.39. The predicted octanol–water partition coefficient (Wildman–Crippen LogP) is 3.51. The summed E-state index contributed by atoms with van der Waals surface area (Å²) in [5.74, 6) is 0.635. The minimum atomic E-state index is -0.515. The van der Waals surface area contributed by atoms with Crippen LogP contribution >= 0.6 is 0 Å². The minimum Gasteiger partial charge on any atom is -0.496 e. The Bertz CT molecular complexity index is 986. The fraction of sp³-hybridized carbons (Fsp3) is 0.333. The van der Waals surface area contributed by atoms with Gasteiger partial charge in [0, 0.05) is 18.7 Å². The molecule has 0 saturated heterocycles. The lowest BCUT2D eigenvalue weighted by Crippen LogP contribution is -2.45. The van der Waals surface area contributed by atoms with E-state index in [9.17, 15) is 9.59 Å². The van der Waals surface area contributed by atoms with Crippen molar-refractivity contribution < 1.29 is 14.3 Å². The third-order valence-electron chi connectivity index (χ3n) is 6.06.